The third kappa shape index (κ3) is 23.3. The molecule has 0 aromatic rings. The Kier molecular flexibility index (Phi) is 11.7. The molecule has 0 aromatic heterocycles. The van der Waals surface area contributed by atoms with Gasteiger partial charge in [0.1, 0.15) is 0 Å². The molecule has 0 aliphatic carbocycles. The standard InChI is InChI=1S/C9H20O5.C4H11N/c1-6(10)12-8(3)14-9(4)13-7(2)11-5;1-4(2,3)5/h6-10H,1-5H3;5H2,1-3H3. The molecule has 0 heterocycles. The van der Waals surface area contributed by atoms with Crippen molar-refractivity contribution >= 4 is 0 Å². The van der Waals surface area contributed by atoms with Crippen LogP contribution >= 0.6 is 0 Å². The van der Waals surface area contributed by atoms with Gasteiger partial charge in [-0.15, -0.1) is 0 Å². The predicted molar refractivity (Wildman–Crippen MR) is 74.3 cm³/mol. The molecule has 0 aliphatic rings. The predicted octanol–water partition coefficient (Wildman–Crippen LogP) is 1.80. The lowest BCUT2D eigenvalue weighted by atomic mass is 10.1. The number of rotatable bonds is 7. The highest BCUT2D eigenvalue weighted by atomic mass is 16.8. The highest BCUT2D eigenvalue weighted by Gasteiger charge is 2.13. The van der Waals surface area contributed by atoms with Crippen LogP contribution in [-0.2, 0) is 18.9 Å². The van der Waals surface area contributed by atoms with E-state index in [-0.39, 0.29) is 11.8 Å². The second-order valence-corrected chi connectivity index (χ2v) is 5.31. The fraction of sp³-hybridized carbons (Fsp3) is 1.00. The Morgan fingerprint density at radius 3 is 1.47 bits per heavy atom. The molecule has 4 unspecified atom stereocenters. The van der Waals surface area contributed by atoms with Crippen LogP contribution in [0.25, 0.3) is 0 Å². The first-order chi connectivity index (χ1) is 8.45. The molecule has 4 atom stereocenters. The Balaban J connectivity index is 0. The van der Waals surface area contributed by atoms with Crippen LogP contribution in [0.2, 0.25) is 0 Å². The second kappa shape index (κ2) is 10.5. The Hall–Kier alpha value is -0.240. The van der Waals surface area contributed by atoms with E-state index >= 15 is 0 Å². The lowest BCUT2D eigenvalue weighted by Crippen LogP contribution is -2.28. The van der Waals surface area contributed by atoms with Crippen LogP contribution in [0.5, 0.6) is 0 Å². The van der Waals surface area contributed by atoms with Gasteiger partial charge in [-0.05, 0) is 48.5 Å². The fourth-order valence-corrected chi connectivity index (χ4v) is 0.937. The molecule has 0 saturated heterocycles. The monoisotopic (exact) mass is 281 g/mol. The number of hydrogen-bond acceptors (Lipinski definition) is 6. The van der Waals surface area contributed by atoms with E-state index in [9.17, 15) is 0 Å². The lowest BCUT2D eigenvalue weighted by molar-refractivity contribution is -0.297. The topological polar surface area (TPSA) is 83.2 Å². The van der Waals surface area contributed by atoms with Gasteiger partial charge in [0.05, 0.1) is 0 Å². The van der Waals surface area contributed by atoms with Gasteiger partial charge in [-0.3, -0.25) is 0 Å². The first kappa shape index (κ1) is 21.1. The Morgan fingerprint density at radius 1 is 0.842 bits per heavy atom. The van der Waals surface area contributed by atoms with Gasteiger partial charge < -0.3 is 29.8 Å². The molecule has 6 nitrogen and oxygen atoms in total. The number of ether oxygens (including phenoxy) is 4. The van der Waals surface area contributed by atoms with Crippen LogP contribution in [-0.4, -0.2) is 42.9 Å². The zero-order valence-electron chi connectivity index (χ0n) is 13.5. The van der Waals surface area contributed by atoms with Crippen molar-refractivity contribution in [3.05, 3.63) is 0 Å². The molecule has 0 amide bonds. The summed E-state index contributed by atoms with van der Waals surface area (Å²) in [5.41, 5.74) is 5.35. The molecule has 0 fully saturated rings. The van der Waals surface area contributed by atoms with Crippen LogP contribution in [0.3, 0.4) is 0 Å². The minimum Gasteiger partial charge on any atom is -0.368 e. The third-order valence-corrected chi connectivity index (χ3v) is 1.49. The highest BCUT2D eigenvalue weighted by Crippen LogP contribution is 2.06. The van der Waals surface area contributed by atoms with Gasteiger partial charge >= 0.3 is 0 Å². The Morgan fingerprint density at radius 2 is 1.16 bits per heavy atom. The van der Waals surface area contributed by atoms with Gasteiger partial charge in [-0.2, -0.15) is 0 Å². The van der Waals surface area contributed by atoms with Gasteiger partial charge in [-0.1, -0.05) is 0 Å². The van der Waals surface area contributed by atoms with Crippen molar-refractivity contribution in [1.82, 2.24) is 0 Å². The van der Waals surface area contributed by atoms with E-state index in [4.69, 9.17) is 29.8 Å². The summed E-state index contributed by atoms with van der Waals surface area (Å²) in [5, 5.41) is 8.90. The highest BCUT2D eigenvalue weighted by molar-refractivity contribution is 4.60. The van der Waals surface area contributed by atoms with Crippen molar-refractivity contribution in [3.8, 4) is 0 Å². The van der Waals surface area contributed by atoms with Crippen molar-refractivity contribution in [2.75, 3.05) is 7.11 Å². The van der Waals surface area contributed by atoms with E-state index < -0.39 is 18.9 Å². The van der Waals surface area contributed by atoms with Crippen molar-refractivity contribution in [3.63, 3.8) is 0 Å². The maximum Gasteiger partial charge on any atom is 0.161 e. The average molecular weight is 281 g/mol. The van der Waals surface area contributed by atoms with E-state index in [1.165, 1.54) is 6.92 Å². The van der Waals surface area contributed by atoms with Crippen LogP contribution in [0, 0.1) is 0 Å². The third-order valence-electron chi connectivity index (χ3n) is 1.49. The molecule has 0 aliphatic heterocycles. The molecule has 0 aromatic carbocycles. The minimum absolute atomic E-state index is 0. The van der Waals surface area contributed by atoms with E-state index in [1.54, 1.807) is 27.9 Å². The zero-order chi connectivity index (χ0) is 15.6. The number of nitrogens with two attached hydrogens (primary N) is 1. The molecule has 0 bridgehead atoms. The summed E-state index contributed by atoms with van der Waals surface area (Å²) in [6.07, 6.45) is -2.14. The molecule has 6 heteroatoms. The summed E-state index contributed by atoms with van der Waals surface area (Å²) in [6, 6.07) is 0. The van der Waals surface area contributed by atoms with Crippen molar-refractivity contribution < 1.29 is 24.1 Å². The zero-order valence-corrected chi connectivity index (χ0v) is 13.5. The summed E-state index contributed by atoms with van der Waals surface area (Å²) in [4.78, 5) is 0. The van der Waals surface area contributed by atoms with Crippen LogP contribution in [0.15, 0.2) is 0 Å². The maximum atomic E-state index is 8.90. The SMILES string of the molecule is CC(C)(C)N.COC(C)OC(C)OC(C)OC(C)O. The molecule has 0 rings (SSSR count). The van der Waals surface area contributed by atoms with E-state index in [0.717, 1.165) is 0 Å². The minimum atomic E-state index is -0.850. The largest absolute Gasteiger partial charge is 0.368 e. The van der Waals surface area contributed by atoms with Crippen LogP contribution in [0.4, 0.5) is 0 Å². The van der Waals surface area contributed by atoms with Gasteiger partial charge in [0, 0.05) is 12.6 Å². The normalized spacial score (nSPS) is 18.0. The molecule has 3 N–H and O–H groups in total. The first-order valence-corrected chi connectivity index (χ1v) is 6.41. The summed E-state index contributed by atoms with van der Waals surface area (Å²) in [6.45, 7) is 12.6. The molecular formula is C13H31NO5. The van der Waals surface area contributed by atoms with Gasteiger partial charge in [0.2, 0.25) is 0 Å². The van der Waals surface area contributed by atoms with Crippen LogP contribution < -0.4 is 5.73 Å². The van der Waals surface area contributed by atoms with Gasteiger partial charge in [0.25, 0.3) is 0 Å². The fourth-order valence-electron chi connectivity index (χ4n) is 0.937. The van der Waals surface area contributed by atoms with Gasteiger partial charge in [-0.25, -0.2) is 0 Å². The van der Waals surface area contributed by atoms with E-state index in [0.29, 0.717) is 0 Å². The van der Waals surface area contributed by atoms with E-state index in [2.05, 4.69) is 0 Å². The molecule has 0 spiro atoms. The summed E-state index contributed by atoms with van der Waals surface area (Å²) >= 11 is 0. The van der Waals surface area contributed by atoms with Crippen molar-refractivity contribution in [2.45, 2.75) is 79.2 Å². The maximum absolute atomic E-state index is 8.90. The summed E-state index contributed by atoms with van der Waals surface area (Å²) in [5.74, 6) is 0. The lowest BCUT2D eigenvalue weighted by Gasteiger charge is -2.22. The Labute approximate surface area is 117 Å². The van der Waals surface area contributed by atoms with Crippen molar-refractivity contribution in [2.24, 2.45) is 5.73 Å². The summed E-state index contributed by atoms with van der Waals surface area (Å²) in [7, 11) is 1.55. The average Bonchev–Trinajstić information content (AvgIpc) is 2.12. The molecule has 0 saturated carbocycles. The first-order valence-electron chi connectivity index (χ1n) is 6.41. The molecule has 19 heavy (non-hydrogen) atoms. The quantitative estimate of drug-likeness (QED) is 0.692. The number of aliphatic hydroxyl groups excluding tert-OH is 1. The number of aliphatic hydroxyl groups is 1. The van der Waals surface area contributed by atoms with E-state index in [1.807, 2.05) is 20.8 Å². The smallest absolute Gasteiger partial charge is 0.161 e. The molecule has 0 radical (unpaired) electrons. The summed E-state index contributed by atoms with van der Waals surface area (Å²) < 4.78 is 20.3. The van der Waals surface area contributed by atoms with Gasteiger partial charge in [0.15, 0.2) is 25.2 Å². The molecular weight excluding hydrogens is 250 g/mol. The van der Waals surface area contributed by atoms with Crippen LogP contribution in [0.1, 0.15) is 48.5 Å². The number of hydrogen-bond donors (Lipinski definition) is 2. The number of methoxy groups -OCH3 is 1. The molecule has 118 valence electrons. The second-order valence-electron chi connectivity index (χ2n) is 5.31. The Bertz CT molecular complexity index is 200. The van der Waals surface area contributed by atoms with Crippen molar-refractivity contribution in [1.29, 1.82) is 0 Å².